The van der Waals surface area contributed by atoms with Gasteiger partial charge < -0.3 is 14.6 Å². The minimum atomic E-state index is -4.04. The Bertz CT molecular complexity index is 1040. The summed E-state index contributed by atoms with van der Waals surface area (Å²) in [5, 5.41) is 3.08. The molecule has 1 saturated carbocycles. The first kappa shape index (κ1) is 25.9. The van der Waals surface area contributed by atoms with Crippen molar-refractivity contribution in [2.45, 2.75) is 75.4 Å². The van der Waals surface area contributed by atoms with Gasteiger partial charge >= 0.3 is 0 Å². The molecule has 1 aromatic heterocycles. The minimum Gasteiger partial charge on any atom is -0.467 e. The van der Waals surface area contributed by atoms with E-state index in [1.807, 2.05) is 6.92 Å². The molecule has 1 fully saturated rings. The molecule has 34 heavy (non-hydrogen) atoms. The highest BCUT2D eigenvalue weighted by molar-refractivity contribution is 7.89. The molecule has 0 spiro atoms. The Morgan fingerprint density at radius 2 is 1.85 bits per heavy atom. The standard InChI is InChI=1S/C24H32FN3O5S/c1-2-7-22(24(30)27-19-8-4-3-5-9-19)28(17-20-10-6-15-33-20)23(29)16-26-34(31,32)21-13-11-18(25)12-14-21/h6,10-15,19,22,26H,2-5,7-9,16-17H2,1H3,(H,27,30)/t22-/m1/s1. The van der Waals surface area contributed by atoms with Crippen LogP contribution >= 0.6 is 0 Å². The molecule has 1 aromatic carbocycles. The van der Waals surface area contributed by atoms with Crippen molar-refractivity contribution in [1.29, 1.82) is 0 Å². The van der Waals surface area contributed by atoms with E-state index in [9.17, 15) is 22.4 Å². The highest BCUT2D eigenvalue weighted by Gasteiger charge is 2.32. The number of rotatable bonds is 11. The SMILES string of the molecule is CCC[C@H](C(=O)NC1CCCCC1)N(Cc1ccco1)C(=O)CNS(=O)(=O)c1ccc(F)cc1. The zero-order chi connectivity index (χ0) is 24.6. The molecule has 0 unspecified atom stereocenters. The van der Waals surface area contributed by atoms with Crippen molar-refractivity contribution >= 4 is 21.8 Å². The van der Waals surface area contributed by atoms with Gasteiger partial charge in [-0.1, -0.05) is 32.6 Å². The largest absolute Gasteiger partial charge is 0.467 e. The maximum absolute atomic E-state index is 13.2. The van der Waals surface area contributed by atoms with Crippen molar-refractivity contribution in [3.8, 4) is 0 Å². The third kappa shape index (κ3) is 7.14. The van der Waals surface area contributed by atoms with Gasteiger partial charge in [-0.15, -0.1) is 0 Å². The van der Waals surface area contributed by atoms with Gasteiger partial charge in [-0.2, -0.15) is 0 Å². The topological polar surface area (TPSA) is 109 Å². The molecule has 2 aromatic rings. The van der Waals surface area contributed by atoms with Crippen LogP contribution in [0.4, 0.5) is 4.39 Å². The summed E-state index contributed by atoms with van der Waals surface area (Å²) in [6, 6.07) is 7.02. The van der Waals surface area contributed by atoms with E-state index < -0.39 is 34.3 Å². The molecule has 10 heteroatoms. The van der Waals surface area contributed by atoms with E-state index in [0.717, 1.165) is 56.4 Å². The average molecular weight is 494 g/mol. The summed E-state index contributed by atoms with van der Waals surface area (Å²) < 4.78 is 46.0. The van der Waals surface area contributed by atoms with Crippen molar-refractivity contribution < 1.29 is 26.8 Å². The summed E-state index contributed by atoms with van der Waals surface area (Å²) >= 11 is 0. The van der Waals surface area contributed by atoms with E-state index in [0.29, 0.717) is 18.6 Å². The molecule has 0 aliphatic heterocycles. The molecule has 2 amide bonds. The maximum atomic E-state index is 13.2. The summed E-state index contributed by atoms with van der Waals surface area (Å²) in [4.78, 5) is 27.7. The fourth-order valence-corrected chi connectivity index (χ4v) is 5.12. The molecule has 8 nitrogen and oxygen atoms in total. The summed E-state index contributed by atoms with van der Waals surface area (Å²) in [7, 11) is -4.04. The third-order valence-electron chi connectivity index (χ3n) is 5.96. The highest BCUT2D eigenvalue weighted by atomic mass is 32.2. The number of carbonyl (C=O) groups excluding carboxylic acids is 2. The van der Waals surface area contributed by atoms with E-state index in [1.54, 1.807) is 12.1 Å². The van der Waals surface area contributed by atoms with Gasteiger partial charge in [0.05, 0.1) is 24.2 Å². The predicted molar refractivity (Wildman–Crippen MR) is 125 cm³/mol. The van der Waals surface area contributed by atoms with Crippen molar-refractivity contribution in [1.82, 2.24) is 14.9 Å². The number of furan rings is 1. The molecule has 2 N–H and O–H groups in total. The van der Waals surface area contributed by atoms with Crippen molar-refractivity contribution in [3.63, 3.8) is 0 Å². The van der Waals surface area contributed by atoms with Gasteiger partial charge in [0, 0.05) is 6.04 Å². The van der Waals surface area contributed by atoms with Crippen molar-refractivity contribution in [2.75, 3.05) is 6.54 Å². The van der Waals surface area contributed by atoms with Crippen molar-refractivity contribution in [3.05, 3.63) is 54.2 Å². The second-order valence-corrected chi connectivity index (χ2v) is 10.3. The molecule has 0 saturated heterocycles. The lowest BCUT2D eigenvalue weighted by Gasteiger charge is -2.32. The number of hydrogen-bond acceptors (Lipinski definition) is 5. The molecular formula is C24H32FN3O5S. The van der Waals surface area contributed by atoms with Gasteiger partial charge in [-0.3, -0.25) is 9.59 Å². The van der Waals surface area contributed by atoms with Crippen LogP contribution in [-0.2, 0) is 26.2 Å². The van der Waals surface area contributed by atoms with Gasteiger partial charge in [0.25, 0.3) is 0 Å². The summed E-state index contributed by atoms with van der Waals surface area (Å²) in [6.45, 7) is 1.41. The van der Waals surface area contributed by atoms with Gasteiger partial charge in [0.1, 0.15) is 17.6 Å². The first-order chi connectivity index (χ1) is 16.3. The smallest absolute Gasteiger partial charge is 0.243 e. The second-order valence-electron chi connectivity index (χ2n) is 8.53. The van der Waals surface area contributed by atoms with Crippen LogP contribution in [0.1, 0.15) is 57.6 Å². The van der Waals surface area contributed by atoms with Gasteiger partial charge in [-0.25, -0.2) is 17.5 Å². The number of nitrogens with one attached hydrogen (secondary N) is 2. The second kappa shape index (κ2) is 12.1. The normalized spacial score (nSPS) is 15.6. The molecule has 3 rings (SSSR count). The number of carbonyl (C=O) groups is 2. The van der Waals surface area contributed by atoms with Crippen LogP contribution in [0.15, 0.2) is 52.0 Å². The van der Waals surface area contributed by atoms with Gasteiger partial charge in [-0.05, 0) is 55.7 Å². The Morgan fingerprint density at radius 1 is 1.15 bits per heavy atom. The molecule has 1 aliphatic rings. The number of hydrogen-bond donors (Lipinski definition) is 2. The fourth-order valence-electron chi connectivity index (χ4n) is 4.14. The zero-order valence-electron chi connectivity index (χ0n) is 19.3. The van der Waals surface area contributed by atoms with Crippen LogP contribution in [0, 0.1) is 5.82 Å². The Hall–Kier alpha value is -2.72. The summed E-state index contributed by atoms with van der Waals surface area (Å²) in [6.07, 6.45) is 7.66. The van der Waals surface area contributed by atoms with E-state index in [4.69, 9.17) is 4.42 Å². The Kier molecular flexibility index (Phi) is 9.23. The predicted octanol–water partition coefficient (Wildman–Crippen LogP) is 3.34. The lowest BCUT2D eigenvalue weighted by atomic mass is 9.95. The Balaban J connectivity index is 1.76. The van der Waals surface area contributed by atoms with Crippen LogP contribution in [-0.4, -0.2) is 43.8 Å². The monoisotopic (exact) mass is 493 g/mol. The zero-order valence-corrected chi connectivity index (χ0v) is 20.2. The van der Waals surface area contributed by atoms with Gasteiger partial charge in [0.2, 0.25) is 21.8 Å². The third-order valence-corrected chi connectivity index (χ3v) is 7.37. The Morgan fingerprint density at radius 3 is 2.47 bits per heavy atom. The fraction of sp³-hybridized carbons (Fsp3) is 0.500. The number of halogens is 1. The lowest BCUT2D eigenvalue weighted by molar-refractivity contribution is -0.141. The molecule has 1 aliphatic carbocycles. The highest BCUT2D eigenvalue weighted by Crippen LogP contribution is 2.20. The summed E-state index contributed by atoms with van der Waals surface area (Å²) in [5.74, 6) is -0.873. The van der Waals surface area contributed by atoms with E-state index in [1.165, 1.54) is 11.2 Å². The van der Waals surface area contributed by atoms with E-state index in [2.05, 4.69) is 10.0 Å². The molecule has 1 atom stereocenters. The quantitative estimate of drug-likeness (QED) is 0.499. The van der Waals surface area contributed by atoms with E-state index in [-0.39, 0.29) is 23.4 Å². The molecule has 0 bridgehead atoms. The number of nitrogens with zero attached hydrogens (tertiary/aromatic N) is 1. The molecule has 1 heterocycles. The first-order valence-electron chi connectivity index (χ1n) is 11.7. The van der Waals surface area contributed by atoms with E-state index >= 15 is 0 Å². The number of amides is 2. The van der Waals surface area contributed by atoms with Gasteiger partial charge in [0.15, 0.2) is 0 Å². The average Bonchev–Trinajstić information content (AvgIpc) is 3.34. The lowest BCUT2D eigenvalue weighted by Crippen LogP contribution is -2.53. The minimum absolute atomic E-state index is 0.0346. The molecule has 186 valence electrons. The van der Waals surface area contributed by atoms with Crippen molar-refractivity contribution in [2.24, 2.45) is 0 Å². The first-order valence-corrected chi connectivity index (χ1v) is 13.2. The van der Waals surface area contributed by atoms with Crippen LogP contribution in [0.2, 0.25) is 0 Å². The van der Waals surface area contributed by atoms with Crippen LogP contribution in [0.3, 0.4) is 0 Å². The van der Waals surface area contributed by atoms with Crippen LogP contribution in [0.25, 0.3) is 0 Å². The van der Waals surface area contributed by atoms with Crippen LogP contribution in [0.5, 0.6) is 0 Å². The van der Waals surface area contributed by atoms with Crippen LogP contribution < -0.4 is 10.0 Å². The number of sulfonamides is 1. The number of benzene rings is 1. The Labute approximate surface area is 199 Å². The maximum Gasteiger partial charge on any atom is 0.243 e. The molecular weight excluding hydrogens is 461 g/mol. The molecule has 0 radical (unpaired) electrons. The summed E-state index contributed by atoms with van der Waals surface area (Å²) in [5.41, 5.74) is 0.